The molecule has 7 heteroatoms. The monoisotopic (exact) mass is 337 g/mol. The van der Waals surface area contributed by atoms with Gasteiger partial charge in [0, 0.05) is 22.8 Å². The molecule has 0 atom stereocenters. The Morgan fingerprint density at radius 1 is 1.08 bits per heavy atom. The van der Waals surface area contributed by atoms with E-state index in [-0.39, 0.29) is 12.5 Å². The number of anilines is 1. The lowest BCUT2D eigenvalue weighted by Gasteiger charge is -2.28. The molecule has 2 aromatic carbocycles. The minimum Gasteiger partial charge on any atom is -0.309 e. The average molecular weight is 337 g/mol. The van der Waals surface area contributed by atoms with Crippen LogP contribution in [-0.2, 0) is 11.3 Å². The highest BCUT2D eigenvalue weighted by molar-refractivity contribution is 7.99. The summed E-state index contributed by atoms with van der Waals surface area (Å²) < 4.78 is 0. The third-order valence-corrected chi connectivity index (χ3v) is 4.83. The van der Waals surface area contributed by atoms with Crippen molar-refractivity contribution in [3.8, 4) is 11.4 Å². The Morgan fingerprint density at radius 3 is 2.75 bits per heavy atom. The molecule has 6 nitrogen and oxygen atoms in total. The molecule has 1 aromatic heterocycles. The fourth-order valence-corrected chi connectivity index (χ4v) is 3.64. The zero-order chi connectivity index (χ0) is 16.4. The lowest BCUT2D eigenvalue weighted by Crippen LogP contribution is -2.38. The molecule has 0 N–H and O–H groups in total. The summed E-state index contributed by atoms with van der Waals surface area (Å²) in [6, 6.07) is 17.6. The first-order chi connectivity index (χ1) is 11.8. The molecule has 24 heavy (non-hydrogen) atoms. The van der Waals surface area contributed by atoms with Crippen LogP contribution in [-0.4, -0.2) is 38.4 Å². The third-order valence-electron chi connectivity index (χ3n) is 3.79. The van der Waals surface area contributed by atoms with Crippen LogP contribution in [0.5, 0.6) is 0 Å². The Labute approximate surface area is 143 Å². The molecule has 0 unspecified atom stereocenters. The van der Waals surface area contributed by atoms with Gasteiger partial charge in [0.15, 0.2) is 0 Å². The highest BCUT2D eigenvalue weighted by Gasteiger charge is 2.23. The van der Waals surface area contributed by atoms with Gasteiger partial charge in [-0.1, -0.05) is 42.5 Å². The van der Waals surface area contributed by atoms with E-state index in [9.17, 15) is 4.79 Å². The molecule has 1 aliphatic heterocycles. The molecule has 2 heterocycles. The van der Waals surface area contributed by atoms with Crippen molar-refractivity contribution in [1.82, 2.24) is 20.2 Å². The number of benzene rings is 2. The van der Waals surface area contributed by atoms with E-state index in [1.54, 1.807) is 16.7 Å². The SMILES string of the molecule is O=C(Cn1nnc(-c2ccccc2)n1)N1CCSc2ccccc21. The first kappa shape index (κ1) is 14.9. The molecule has 0 radical (unpaired) electrons. The minimum absolute atomic E-state index is 0.0280. The van der Waals surface area contributed by atoms with E-state index in [4.69, 9.17) is 0 Å². The fourth-order valence-electron chi connectivity index (χ4n) is 2.65. The van der Waals surface area contributed by atoms with Gasteiger partial charge < -0.3 is 4.90 Å². The molecule has 0 saturated carbocycles. The van der Waals surface area contributed by atoms with Gasteiger partial charge in [-0.05, 0) is 17.3 Å². The van der Waals surface area contributed by atoms with Crippen molar-refractivity contribution < 1.29 is 4.79 Å². The second-order valence-corrected chi connectivity index (χ2v) is 6.51. The molecule has 4 rings (SSSR count). The second-order valence-electron chi connectivity index (χ2n) is 5.37. The number of carbonyl (C=O) groups is 1. The Hall–Kier alpha value is -2.67. The zero-order valence-corrected chi connectivity index (χ0v) is 13.7. The Bertz CT molecular complexity index is 864. The number of aromatic nitrogens is 4. The lowest BCUT2D eigenvalue weighted by atomic mass is 10.2. The average Bonchev–Trinajstić information content (AvgIpc) is 3.10. The molecular formula is C17H15N5OS. The van der Waals surface area contributed by atoms with Crippen molar-refractivity contribution in [1.29, 1.82) is 0 Å². The fraction of sp³-hybridized carbons (Fsp3) is 0.176. The van der Waals surface area contributed by atoms with Gasteiger partial charge in [-0.25, -0.2) is 0 Å². The predicted molar refractivity (Wildman–Crippen MR) is 92.8 cm³/mol. The van der Waals surface area contributed by atoms with Crippen molar-refractivity contribution in [3.63, 3.8) is 0 Å². The van der Waals surface area contributed by atoms with Gasteiger partial charge >= 0.3 is 0 Å². The van der Waals surface area contributed by atoms with Gasteiger partial charge in [0.2, 0.25) is 5.82 Å². The third kappa shape index (κ3) is 2.90. The van der Waals surface area contributed by atoms with E-state index in [2.05, 4.69) is 15.4 Å². The minimum atomic E-state index is -0.0280. The molecule has 3 aromatic rings. The summed E-state index contributed by atoms with van der Waals surface area (Å²) in [7, 11) is 0. The lowest BCUT2D eigenvalue weighted by molar-refractivity contribution is -0.119. The zero-order valence-electron chi connectivity index (χ0n) is 12.9. The van der Waals surface area contributed by atoms with Crippen molar-refractivity contribution in [2.45, 2.75) is 11.4 Å². The summed E-state index contributed by atoms with van der Waals surface area (Å²) >= 11 is 1.77. The standard InChI is InChI=1S/C17H15N5OS/c23-16(21-10-11-24-15-9-5-4-8-14(15)21)12-22-19-17(18-20-22)13-6-2-1-3-7-13/h1-9H,10-12H2. The number of nitrogens with zero attached hydrogens (tertiary/aromatic N) is 5. The smallest absolute Gasteiger partial charge is 0.250 e. The van der Waals surface area contributed by atoms with Crippen LogP contribution in [0.25, 0.3) is 11.4 Å². The summed E-state index contributed by atoms with van der Waals surface area (Å²) in [5.74, 6) is 1.39. The Kier molecular flexibility index (Phi) is 4.00. The quantitative estimate of drug-likeness (QED) is 0.735. The summed E-state index contributed by atoms with van der Waals surface area (Å²) in [5.41, 5.74) is 1.85. The van der Waals surface area contributed by atoms with Crippen molar-refractivity contribution >= 4 is 23.4 Å². The molecule has 1 aliphatic rings. The van der Waals surface area contributed by atoms with Crippen molar-refractivity contribution in [2.75, 3.05) is 17.2 Å². The summed E-state index contributed by atoms with van der Waals surface area (Å²) in [6.07, 6.45) is 0. The van der Waals surface area contributed by atoms with Gasteiger partial charge in [-0.15, -0.1) is 22.0 Å². The number of amides is 1. The maximum Gasteiger partial charge on any atom is 0.250 e. The van der Waals surface area contributed by atoms with Crippen molar-refractivity contribution in [2.24, 2.45) is 0 Å². The van der Waals surface area contributed by atoms with Gasteiger partial charge in [-0.2, -0.15) is 4.80 Å². The molecule has 0 aliphatic carbocycles. The largest absolute Gasteiger partial charge is 0.309 e. The van der Waals surface area contributed by atoms with Crippen LogP contribution in [0, 0.1) is 0 Å². The van der Waals surface area contributed by atoms with Gasteiger partial charge in [0.25, 0.3) is 5.91 Å². The molecule has 1 amide bonds. The number of thioether (sulfide) groups is 1. The van der Waals surface area contributed by atoms with Crippen LogP contribution >= 0.6 is 11.8 Å². The molecule has 0 bridgehead atoms. The second kappa shape index (κ2) is 6.45. The Morgan fingerprint density at radius 2 is 1.88 bits per heavy atom. The van der Waals surface area contributed by atoms with Crippen LogP contribution in [0.2, 0.25) is 0 Å². The van der Waals surface area contributed by atoms with Gasteiger partial charge in [0.05, 0.1) is 5.69 Å². The molecule has 0 spiro atoms. The molecule has 0 saturated heterocycles. The summed E-state index contributed by atoms with van der Waals surface area (Å²) in [6.45, 7) is 0.777. The van der Waals surface area contributed by atoms with E-state index in [0.29, 0.717) is 12.4 Å². The van der Waals surface area contributed by atoms with Crippen molar-refractivity contribution in [3.05, 3.63) is 54.6 Å². The van der Waals surface area contributed by atoms with E-state index in [1.807, 2.05) is 54.6 Å². The van der Waals surface area contributed by atoms with Crippen LogP contribution in [0.15, 0.2) is 59.5 Å². The number of fused-ring (bicyclic) bond motifs is 1. The van der Waals surface area contributed by atoms with Crippen LogP contribution < -0.4 is 4.90 Å². The first-order valence-corrected chi connectivity index (χ1v) is 8.65. The summed E-state index contributed by atoms with van der Waals surface area (Å²) in [5, 5.41) is 12.4. The number of rotatable bonds is 3. The van der Waals surface area contributed by atoms with Gasteiger partial charge in [0.1, 0.15) is 6.54 Å². The summed E-state index contributed by atoms with van der Waals surface area (Å²) in [4.78, 5) is 17.0. The number of carbonyl (C=O) groups excluding carboxylic acids is 1. The highest BCUT2D eigenvalue weighted by Crippen LogP contribution is 2.34. The normalized spacial score (nSPS) is 13.6. The number of tetrazole rings is 1. The molecule has 0 fully saturated rings. The van der Waals surface area contributed by atoms with E-state index in [0.717, 1.165) is 21.9 Å². The van der Waals surface area contributed by atoms with Gasteiger partial charge in [-0.3, -0.25) is 4.79 Å². The Balaban J connectivity index is 1.53. The maximum atomic E-state index is 12.7. The van der Waals surface area contributed by atoms with Crippen LogP contribution in [0.4, 0.5) is 5.69 Å². The van der Waals surface area contributed by atoms with E-state index in [1.165, 1.54) is 4.80 Å². The highest BCUT2D eigenvalue weighted by atomic mass is 32.2. The van der Waals surface area contributed by atoms with E-state index >= 15 is 0 Å². The van der Waals surface area contributed by atoms with E-state index < -0.39 is 0 Å². The van der Waals surface area contributed by atoms with Crippen LogP contribution in [0.1, 0.15) is 0 Å². The van der Waals surface area contributed by atoms with Crippen LogP contribution in [0.3, 0.4) is 0 Å². The number of hydrogen-bond acceptors (Lipinski definition) is 5. The topological polar surface area (TPSA) is 63.9 Å². The molecule has 120 valence electrons. The maximum absolute atomic E-state index is 12.7. The predicted octanol–water partition coefficient (Wildman–Crippen LogP) is 2.48. The molecular weight excluding hydrogens is 322 g/mol. The number of hydrogen-bond donors (Lipinski definition) is 0. The first-order valence-electron chi connectivity index (χ1n) is 7.67. The number of para-hydroxylation sites is 1.